The molecule has 2 heterocycles. The molecule has 2 atom stereocenters. The van der Waals surface area contributed by atoms with Gasteiger partial charge in [-0.3, -0.25) is 20.3 Å². The van der Waals surface area contributed by atoms with E-state index < -0.39 is 23.8 Å². The predicted molar refractivity (Wildman–Crippen MR) is 106 cm³/mol. The van der Waals surface area contributed by atoms with Gasteiger partial charge in [-0.2, -0.15) is 4.57 Å². The summed E-state index contributed by atoms with van der Waals surface area (Å²) in [4.78, 5) is 25.0. The van der Waals surface area contributed by atoms with Crippen molar-refractivity contribution in [3.8, 4) is 11.5 Å². The fourth-order valence-electron chi connectivity index (χ4n) is 3.46. The molecular formula is C23H18N3O3+. The lowest BCUT2D eigenvalue weighted by molar-refractivity contribution is -0.711. The van der Waals surface area contributed by atoms with Gasteiger partial charge in [-0.05, 0) is 35.7 Å². The van der Waals surface area contributed by atoms with Crippen LogP contribution in [0, 0.1) is 5.41 Å². The van der Waals surface area contributed by atoms with Crippen LogP contribution in [-0.4, -0.2) is 17.7 Å². The van der Waals surface area contributed by atoms with Gasteiger partial charge in [0.2, 0.25) is 6.04 Å². The van der Waals surface area contributed by atoms with Crippen molar-refractivity contribution in [3.63, 3.8) is 0 Å². The van der Waals surface area contributed by atoms with Gasteiger partial charge in [0.25, 0.3) is 11.8 Å². The van der Waals surface area contributed by atoms with Gasteiger partial charge in [0, 0.05) is 12.1 Å². The fraction of sp³-hybridized carbons (Fsp3) is 0.0870. The number of ether oxygens (including phenoxy) is 1. The Kier molecular flexibility index (Phi) is 5.01. The van der Waals surface area contributed by atoms with E-state index in [1.807, 2.05) is 60.7 Å². The van der Waals surface area contributed by atoms with E-state index in [4.69, 9.17) is 10.1 Å². The second-order valence-corrected chi connectivity index (χ2v) is 6.59. The number of para-hydroxylation sites is 1. The van der Waals surface area contributed by atoms with E-state index in [1.54, 1.807) is 29.1 Å². The lowest BCUT2D eigenvalue weighted by Crippen LogP contribution is -2.57. The maximum Gasteiger partial charge on any atom is 0.296 e. The summed E-state index contributed by atoms with van der Waals surface area (Å²) in [7, 11) is 0. The molecule has 1 fully saturated rings. The maximum atomic E-state index is 12.7. The van der Waals surface area contributed by atoms with E-state index in [0.717, 1.165) is 5.56 Å². The number of imide groups is 1. The van der Waals surface area contributed by atoms with Crippen molar-refractivity contribution in [2.24, 2.45) is 0 Å². The Labute approximate surface area is 167 Å². The number of rotatable bonds is 4. The molecule has 0 unspecified atom stereocenters. The van der Waals surface area contributed by atoms with E-state index in [9.17, 15) is 9.59 Å². The summed E-state index contributed by atoms with van der Waals surface area (Å²) >= 11 is 0. The molecule has 2 N–H and O–H groups in total. The summed E-state index contributed by atoms with van der Waals surface area (Å²) in [5.74, 6) is 1.94. The number of aromatic nitrogens is 1. The third-order valence-electron chi connectivity index (χ3n) is 4.79. The van der Waals surface area contributed by atoms with Gasteiger partial charge < -0.3 is 4.74 Å². The number of amides is 2. The van der Waals surface area contributed by atoms with Gasteiger partial charge in [-0.15, -0.1) is 0 Å². The molecule has 1 saturated heterocycles. The van der Waals surface area contributed by atoms with Crippen molar-refractivity contribution < 1.29 is 18.9 Å². The predicted octanol–water partition coefficient (Wildman–Crippen LogP) is 2.92. The minimum Gasteiger partial charge on any atom is -0.457 e. The molecule has 6 heteroatoms. The van der Waals surface area contributed by atoms with Crippen molar-refractivity contribution in [2.75, 3.05) is 0 Å². The first kappa shape index (κ1) is 18.3. The van der Waals surface area contributed by atoms with Crippen molar-refractivity contribution in [3.05, 3.63) is 96.3 Å². The number of piperidine rings is 1. The zero-order chi connectivity index (χ0) is 20.2. The molecule has 0 spiro atoms. The number of hydrogen-bond donors (Lipinski definition) is 2. The summed E-state index contributed by atoms with van der Waals surface area (Å²) in [6.07, 6.45) is 3.53. The summed E-state index contributed by atoms with van der Waals surface area (Å²) in [6.45, 7) is 0. The van der Waals surface area contributed by atoms with Crippen LogP contribution in [0.4, 0.5) is 0 Å². The van der Waals surface area contributed by atoms with Crippen molar-refractivity contribution in [1.29, 1.82) is 5.41 Å². The van der Waals surface area contributed by atoms with Gasteiger partial charge in [0.15, 0.2) is 12.4 Å². The molecule has 2 amide bonds. The monoisotopic (exact) mass is 384 g/mol. The summed E-state index contributed by atoms with van der Waals surface area (Å²) in [5.41, 5.74) is 0.840. The van der Waals surface area contributed by atoms with Crippen LogP contribution >= 0.6 is 0 Å². The van der Waals surface area contributed by atoms with Crippen LogP contribution in [0.1, 0.15) is 17.5 Å². The number of nitrogens with one attached hydrogen (secondary N) is 2. The average molecular weight is 384 g/mol. The molecule has 142 valence electrons. The molecular weight excluding hydrogens is 366 g/mol. The van der Waals surface area contributed by atoms with Gasteiger partial charge in [-0.1, -0.05) is 36.4 Å². The van der Waals surface area contributed by atoms with E-state index in [1.165, 1.54) is 0 Å². The summed E-state index contributed by atoms with van der Waals surface area (Å²) in [5, 5.41) is 9.95. The quantitative estimate of drug-likeness (QED) is 0.314. The van der Waals surface area contributed by atoms with Crippen LogP contribution in [-0.2, 0) is 9.59 Å². The fourth-order valence-corrected chi connectivity index (χ4v) is 3.46. The van der Waals surface area contributed by atoms with Crippen molar-refractivity contribution in [2.45, 2.75) is 12.0 Å². The Bertz CT molecular complexity index is 1090. The molecule has 2 aromatic carbocycles. The molecule has 29 heavy (non-hydrogen) atoms. The largest absolute Gasteiger partial charge is 0.457 e. The van der Waals surface area contributed by atoms with Crippen LogP contribution < -0.4 is 14.6 Å². The Balaban J connectivity index is 1.71. The van der Waals surface area contributed by atoms with Gasteiger partial charge in [-0.25, -0.2) is 0 Å². The van der Waals surface area contributed by atoms with Crippen LogP contribution in [0.5, 0.6) is 11.5 Å². The maximum absolute atomic E-state index is 12.7. The van der Waals surface area contributed by atoms with Crippen LogP contribution in [0.15, 0.2) is 90.8 Å². The Morgan fingerprint density at radius 3 is 2.14 bits per heavy atom. The molecule has 6 nitrogen and oxygen atoms in total. The van der Waals surface area contributed by atoms with Crippen LogP contribution in [0.2, 0.25) is 0 Å². The topological polar surface area (TPSA) is 83.1 Å². The zero-order valence-electron chi connectivity index (χ0n) is 15.4. The second kappa shape index (κ2) is 7.92. The summed E-state index contributed by atoms with van der Waals surface area (Å²) in [6, 6.07) is 21.4. The molecule has 4 rings (SSSR count). The average Bonchev–Trinajstić information content (AvgIpc) is 2.75. The number of benzene rings is 2. The summed E-state index contributed by atoms with van der Waals surface area (Å²) < 4.78 is 7.55. The molecule has 0 aliphatic carbocycles. The third-order valence-corrected chi connectivity index (χ3v) is 4.79. The number of carbonyl (C=O) groups is 2. The Morgan fingerprint density at radius 1 is 0.862 bits per heavy atom. The van der Waals surface area contributed by atoms with Crippen molar-refractivity contribution >= 4 is 17.7 Å². The number of carbonyl (C=O) groups excluding carboxylic acids is 2. The molecule has 0 radical (unpaired) electrons. The normalized spacial score (nSPS) is 18.7. The first-order valence-corrected chi connectivity index (χ1v) is 9.11. The second-order valence-electron chi connectivity index (χ2n) is 6.59. The third kappa shape index (κ3) is 3.70. The highest BCUT2D eigenvalue weighted by Gasteiger charge is 2.47. The standard InChI is InChI=1S/C23H17N3O3/c24-15-19-20(21(23(28)25-22(19)27)26-13-5-2-6-14-26)16-9-11-18(12-10-16)29-17-7-3-1-4-8-17/h1-14,20-21,24H/p+1/t20-,21+/m1/s1. The van der Waals surface area contributed by atoms with Gasteiger partial charge in [0.05, 0.1) is 11.5 Å². The highest BCUT2D eigenvalue weighted by atomic mass is 16.5. The van der Waals surface area contributed by atoms with E-state index in [0.29, 0.717) is 11.5 Å². The first-order chi connectivity index (χ1) is 14.2. The molecule has 1 aromatic heterocycles. The SMILES string of the molecule is N=C=C1C(=O)NC(=O)[C@@H]([n+]2ccccc2)[C@@H]1c1ccc(Oc2ccccc2)cc1. The number of hydrogen-bond acceptors (Lipinski definition) is 4. The molecule has 3 aromatic rings. The smallest absolute Gasteiger partial charge is 0.296 e. The first-order valence-electron chi connectivity index (χ1n) is 9.11. The lowest BCUT2D eigenvalue weighted by Gasteiger charge is -2.27. The molecule has 0 saturated carbocycles. The van der Waals surface area contributed by atoms with Gasteiger partial charge in [0.1, 0.15) is 11.5 Å². The molecule has 0 bridgehead atoms. The minimum atomic E-state index is -0.706. The molecule has 1 aliphatic heterocycles. The molecule has 1 aliphatic rings. The minimum absolute atomic E-state index is 0.114. The van der Waals surface area contributed by atoms with Crippen molar-refractivity contribution in [1.82, 2.24) is 5.32 Å². The van der Waals surface area contributed by atoms with E-state index >= 15 is 0 Å². The Hall–Kier alpha value is -4.02. The van der Waals surface area contributed by atoms with E-state index in [-0.39, 0.29) is 5.57 Å². The number of nitrogens with zero attached hydrogens (tertiary/aromatic N) is 1. The van der Waals surface area contributed by atoms with Gasteiger partial charge >= 0.3 is 0 Å². The van der Waals surface area contributed by atoms with E-state index in [2.05, 4.69) is 11.2 Å². The highest BCUT2D eigenvalue weighted by molar-refractivity contribution is 6.13. The number of pyridine rings is 1. The highest BCUT2D eigenvalue weighted by Crippen LogP contribution is 2.35. The lowest BCUT2D eigenvalue weighted by atomic mass is 9.81. The Morgan fingerprint density at radius 2 is 1.48 bits per heavy atom. The zero-order valence-corrected chi connectivity index (χ0v) is 15.4. The van der Waals surface area contributed by atoms with Crippen LogP contribution in [0.3, 0.4) is 0 Å². The van der Waals surface area contributed by atoms with Crippen LogP contribution in [0.25, 0.3) is 0 Å².